The lowest BCUT2D eigenvalue weighted by Gasteiger charge is -2.20. The van der Waals surface area contributed by atoms with Crippen molar-refractivity contribution in [3.63, 3.8) is 0 Å². The highest BCUT2D eigenvalue weighted by Crippen LogP contribution is 2.25. The molecular formula is C17H20FNO2. The zero-order chi connectivity index (χ0) is 15.5. The minimum Gasteiger partial charge on any atom is -0.461 e. The standard InChI is InChI=1S/C17H20FNO2/c1-17(2,3)19-16(20)11-9-12-8-10-15(21-12)13-6-4-5-7-14(13)18/h4-8,10H,9,11H2,1-3H3,(H,19,20). The maximum Gasteiger partial charge on any atom is 0.220 e. The lowest BCUT2D eigenvalue weighted by molar-refractivity contribution is -0.122. The molecule has 1 N–H and O–H groups in total. The molecule has 0 bridgehead atoms. The molecule has 21 heavy (non-hydrogen) atoms. The van der Waals surface area contributed by atoms with Gasteiger partial charge >= 0.3 is 0 Å². The summed E-state index contributed by atoms with van der Waals surface area (Å²) in [6.07, 6.45) is 0.845. The van der Waals surface area contributed by atoms with Gasteiger partial charge in [0, 0.05) is 18.4 Å². The number of hydrogen-bond acceptors (Lipinski definition) is 2. The Balaban J connectivity index is 1.98. The Morgan fingerprint density at radius 3 is 2.57 bits per heavy atom. The van der Waals surface area contributed by atoms with Crippen LogP contribution in [0.25, 0.3) is 11.3 Å². The molecule has 2 aromatic rings. The van der Waals surface area contributed by atoms with E-state index in [1.807, 2.05) is 20.8 Å². The van der Waals surface area contributed by atoms with E-state index in [-0.39, 0.29) is 17.3 Å². The second-order valence-electron chi connectivity index (χ2n) is 6.04. The van der Waals surface area contributed by atoms with Gasteiger partial charge in [0.2, 0.25) is 5.91 Å². The van der Waals surface area contributed by atoms with Gasteiger partial charge in [0.1, 0.15) is 17.3 Å². The van der Waals surface area contributed by atoms with Crippen LogP contribution in [0.1, 0.15) is 33.0 Å². The maximum absolute atomic E-state index is 13.7. The van der Waals surface area contributed by atoms with Gasteiger partial charge in [-0.2, -0.15) is 0 Å². The normalized spacial score (nSPS) is 11.4. The van der Waals surface area contributed by atoms with E-state index in [1.54, 1.807) is 30.3 Å². The Morgan fingerprint density at radius 2 is 1.90 bits per heavy atom. The van der Waals surface area contributed by atoms with Crippen LogP contribution >= 0.6 is 0 Å². The fraction of sp³-hybridized carbons (Fsp3) is 0.353. The first kappa shape index (κ1) is 15.3. The number of aryl methyl sites for hydroxylation is 1. The molecule has 0 aliphatic heterocycles. The molecule has 2 rings (SSSR count). The highest BCUT2D eigenvalue weighted by molar-refractivity contribution is 5.76. The Bertz CT molecular complexity index is 626. The fourth-order valence-electron chi connectivity index (χ4n) is 2.04. The van der Waals surface area contributed by atoms with E-state index in [2.05, 4.69) is 5.32 Å². The van der Waals surface area contributed by atoms with Crippen molar-refractivity contribution in [1.82, 2.24) is 5.32 Å². The largest absolute Gasteiger partial charge is 0.461 e. The summed E-state index contributed by atoms with van der Waals surface area (Å²) in [6.45, 7) is 5.82. The van der Waals surface area contributed by atoms with Gasteiger partial charge in [0.05, 0.1) is 5.56 Å². The highest BCUT2D eigenvalue weighted by atomic mass is 19.1. The molecule has 0 radical (unpaired) electrons. The van der Waals surface area contributed by atoms with Crippen molar-refractivity contribution in [3.05, 3.63) is 48.0 Å². The fourth-order valence-corrected chi connectivity index (χ4v) is 2.04. The summed E-state index contributed by atoms with van der Waals surface area (Å²) in [4.78, 5) is 11.8. The molecule has 0 fully saturated rings. The van der Waals surface area contributed by atoms with Gasteiger partial charge in [-0.25, -0.2) is 4.39 Å². The van der Waals surface area contributed by atoms with E-state index in [0.29, 0.717) is 29.9 Å². The van der Waals surface area contributed by atoms with E-state index >= 15 is 0 Å². The summed E-state index contributed by atoms with van der Waals surface area (Å²) >= 11 is 0. The van der Waals surface area contributed by atoms with Crippen molar-refractivity contribution < 1.29 is 13.6 Å². The topological polar surface area (TPSA) is 42.2 Å². The van der Waals surface area contributed by atoms with Gasteiger partial charge in [0.15, 0.2) is 0 Å². The first-order valence-corrected chi connectivity index (χ1v) is 7.00. The Hall–Kier alpha value is -2.10. The summed E-state index contributed by atoms with van der Waals surface area (Å²) in [7, 11) is 0. The maximum atomic E-state index is 13.7. The van der Waals surface area contributed by atoms with Gasteiger partial charge in [-0.05, 0) is 45.0 Å². The van der Waals surface area contributed by atoms with Gasteiger partial charge in [0.25, 0.3) is 0 Å². The molecule has 112 valence electrons. The predicted octanol–water partition coefficient (Wildman–Crippen LogP) is 3.93. The molecule has 0 atom stereocenters. The van der Waals surface area contributed by atoms with Crippen molar-refractivity contribution in [2.24, 2.45) is 0 Å². The summed E-state index contributed by atoms with van der Waals surface area (Å²) in [6, 6.07) is 9.98. The van der Waals surface area contributed by atoms with Crippen LogP contribution in [0.4, 0.5) is 4.39 Å². The number of hydrogen-bond donors (Lipinski definition) is 1. The number of rotatable bonds is 4. The van der Waals surface area contributed by atoms with Crippen LogP contribution in [0, 0.1) is 5.82 Å². The molecule has 1 aromatic heterocycles. The van der Waals surface area contributed by atoms with Gasteiger partial charge in [-0.1, -0.05) is 12.1 Å². The number of carbonyl (C=O) groups excluding carboxylic acids is 1. The first-order chi connectivity index (χ1) is 9.85. The molecule has 0 saturated carbocycles. The molecule has 0 aliphatic rings. The molecule has 3 nitrogen and oxygen atoms in total. The van der Waals surface area contributed by atoms with Crippen LogP contribution in [0.5, 0.6) is 0 Å². The average molecular weight is 289 g/mol. The molecule has 0 spiro atoms. The third-order valence-corrected chi connectivity index (χ3v) is 2.91. The number of carbonyl (C=O) groups is 1. The summed E-state index contributed by atoms with van der Waals surface area (Å²) < 4.78 is 19.3. The van der Waals surface area contributed by atoms with Crippen molar-refractivity contribution in [2.45, 2.75) is 39.2 Å². The number of furan rings is 1. The van der Waals surface area contributed by atoms with Crippen molar-refractivity contribution in [2.75, 3.05) is 0 Å². The Labute approximate surface area is 124 Å². The quantitative estimate of drug-likeness (QED) is 0.926. The van der Waals surface area contributed by atoms with Gasteiger partial charge in [-0.3, -0.25) is 4.79 Å². The van der Waals surface area contributed by atoms with Crippen LogP contribution < -0.4 is 5.32 Å². The minimum atomic E-state index is -0.316. The van der Waals surface area contributed by atoms with Crippen molar-refractivity contribution in [1.29, 1.82) is 0 Å². The Kier molecular flexibility index (Phi) is 4.46. The summed E-state index contributed by atoms with van der Waals surface area (Å²) in [5.74, 6) is 0.826. The lowest BCUT2D eigenvalue weighted by Crippen LogP contribution is -2.40. The third-order valence-electron chi connectivity index (χ3n) is 2.91. The molecule has 0 aliphatic carbocycles. The summed E-state index contributed by atoms with van der Waals surface area (Å²) in [5.41, 5.74) is 0.196. The summed E-state index contributed by atoms with van der Waals surface area (Å²) in [5, 5.41) is 2.90. The molecule has 0 saturated heterocycles. The second-order valence-corrected chi connectivity index (χ2v) is 6.04. The molecule has 1 heterocycles. The highest BCUT2D eigenvalue weighted by Gasteiger charge is 2.14. The molecule has 1 amide bonds. The van der Waals surface area contributed by atoms with Crippen molar-refractivity contribution in [3.8, 4) is 11.3 Å². The predicted molar refractivity (Wildman–Crippen MR) is 80.3 cm³/mol. The van der Waals surface area contributed by atoms with Crippen LogP contribution in [0.15, 0.2) is 40.8 Å². The van der Waals surface area contributed by atoms with Gasteiger partial charge < -0.3 is 9.73 Å². The zero-order valence-electron chi connectivity index (χ0n) is 12.6. The zero-order valence-corrected chi connectivity index (χ0v) is 12.6. The number of amides is 1. The van der Waals surface area contributed by atoms with E-state index < -0.39 is 0 Å². The van der Waals surface area contributed by atoms with Crippen LogP contribution in [0.3, 0.4) is 0 Å². The second kappa shape index (κ2) is 6.12. The Morgan fingerprint density at radius 1 is 1.19 bits per heavy atom. The third kappa shape index (κ3) is 4.45. The smallest absolute Gasteiger partial charge is 0.220 e. The van der Waals surface area contributed by atoms with Gasteiger partial charge in [-0.15, -0.1) is 0 Å². The first-order valence-electron chi connectivity index (χ1n) is 7.00. The number of halogens is 1. The molecule has 4 heteroatoms. The van der Waals surface area contributed by atoms with E-state index in [9.17, 15) is 9.18 Å². The number of benzene rings is 1. The van der Waals surface area contributed by atoms with Crippen LogP contribution in [-0.4, -0.2) is 11.4 Å². The monoisotopic (exact) mass is 289 g/mol. The SMILES string of the molecule is CC(C)(C)NC(=O)CCc1ccc(-c2ccccc2F)o1. The van der Waals surface area contributed by atoms with Crippen LogP contribution in [0.2, 0.25) is 0 Å². The molecular weight excluding hydrogens is 269 g/mol. The van der Waals surface area contributed by atoms with E-state index in [0.717, 1.165) is 0 Å². The molecule has 0 unspecified atom stereocenters. The molecule has 1 aromatic carbocycles. The van der Waals surface area contributed by atoms with Crippen molar-refractivity contribution >= 4 is 5.91 Å². The van der Waals surface area contributed by atoms with E-state index in [4.69, 9.17) is 4.42 Å². The van der Waals surface area contributed by atoms with E-state index in [1.165, 1.54) is 6.07 Å². The minimum absolute atomic E-state index is 0.0219. The lowest BCUT2D eigenvalue weighted by atomic mass is 10.1. The number of nitrogens with one attached hydrogen (secondary N) is 1. The average Bonchev–Trinajstić information content (AvgIpc) is 2.83. The van der Waals surface area contributed by atoms with Crippen LogP contribution in [-0.2, 0) is 11.2 Å².